The van der Waals surface area contributed by atoms with E-state index in [0.717, 1.165) is 28.7 Å². The number of thiophene rings is 1. The number of aromatic nitrogens is 5. The maximum absolute atomic E-state index is 4.68. The summed E-state index contributed by atoms with van der Waals surface area (Å²) in [5.74, 6) is 2.68. The first-order chi connectivity index (χ1) is 11.6. The number of hydrogen-bond donors (Lipinski definition) is 1. The van der Waals surface area contributed by atoms with Crippen LogP contribution in [0.15, 0.2) is 6.33 Å². The molecule has 0 atom stereocenters. The number of nitrogens with zero attached hydrogens (tertiary/aromatic N) is 5. The highest BCUT2D eigenvalue weighted by Crippen LogP contribution is 2.38. The summed E-state index contributed by atoms with van der Waals surface area (Å²) in [4.78, 5) is 12.0. The maximum atomic E-state index is 4.68. The van der Waals surface area contributed by atoms with Gasteiger partial charge in [-0.2, -0.15) is 0 Å². The monoisotopic (exact) mass is 342 g/mol. The molecule has 3 aromatic rings. The number of nitrogens with one attached hydrogen (secondary N) is 1. The van der Waals surface area contributed by atoms with E-state index in [1.807, 2.05) is 18.3 Å². The molecule has 0 aromatic carbocycles. The molecule has 3 heterocycles. The summed E-state index contributed by atoms with van der Waals surface area (Å²) in [6, 6.07) is 0.345. The van der Waals surface area contributed by atoms with Crippen molar-refractivity contribution in [2.75, 3.05) is 5.32 Å². The Morgan fingerprint density at radius 2 is 2.08 bits per heavy atom. The summed E-state index contributed by atoms with van der Waals surface area (Å²) < 4.78 is 2.08. The van der Waals surface area contributed by atoms with Crippen molar-refractivity contribution in [2.45, 2.75) is 59.0 Å². The Morgan fingerprint density at radius 1 is 1.25 bits per heavy atom. The minimum atomic E-state index is 0.345. The first-order valence-corrected chi connectivity index (χ1v) is 9.36. The molecule has 0 amide bonds. The fourth-order valence-corrected chi connectivity index (χ4v) is 4.69. The van der Waals surface area contributed by atoms with Gasteiger partial charge in [0.05, 0.1) is 11.9 Å². The highest BCUT2D eigenvalue weighted by atomic mass is 32.1. The minimum Gasteiger partial charge on any atom is -0.362 e. The van der Waals surface area contributed by atoms with Crippen LogP contribution >= 0.6 is 11.3 Å². The Balaban J connectivity index is 1.70. The maximum Gasteiger partial charge on any atom is 0.152 e. The summed E-state index contributed by atoms with van der Waals surface area (Å²) in [6.45, 7) is 6.85. The third kappa shape index (κ3) is 2.66. The van der Waals surface area contributed by atoms with E-state index >= 15 is 0 Å². The lowest BCUT2D eigenvalue weighted by atomic mass is 9.97. The molecule has 0 radical (unpaired) electrons. The second-order valence-electron chi connectivity index (χ2n) is 6.61. The second-order valence-corrected chi connectivity index (χ2v) is 7.70. The van der Waals surface area contributed by atoms with E-state index in [0.29, 0.717) is 12.6 Å². The standard InChI is InChI=1S/C17H22N6S/c1-10(2)23-9-19-22-14(23)8-18-16-15-12-6-4-5-7-13(12)24-17(15)21-11(3)20-16/h9-10H,4-8H2,1-3H3,(H,18,20,21). The van der Waals surface area contributed by atoms with Crippen LogP contribution in [0.3, 0.4) is 0 Å². The minimum absolute atomic E-state index is 0.345. The molecule has 6 nitrogen and oxygen atoms in total. The third-order valence-electron chi connectivity index (χ3n) is 4.54. The number of hydrogen-bond acceptors (Lipinski definition) is 6. The average molecular weight is 342 g/mol. The van der Waals surface area contributed by atoms with Gasteiger partial charge in [-0.05, 0) is 52.0 Å². The van der Waals surface area contributed by atoms with Gasteiger partial charge >= 0.3 is 0 Å². The molecule has 0 bridgehead atoms. The van der Waals surface area contributed by atoms with Crippen molar-refractivity contribution in [3.05, 3.63) is 28.4 Å². The molecule has 1 aliphatic carbocycles. The van der Waals surface area contributed by atoms with Gasteiger partial charge in [-0.1, -0.05) is 0 Å². The van der Waals surface area contributed by atoms with Crippen molar-refractivity contribution < 1.29 is 0 Å². The first kappa shape index (κ1) is 15.5. The van der Waals surface area contributed by atoms with E-state index in [1.54, 1.807) is 6.33 Å². The predicted octanol–water partition coefficient (Wildman–Crippen LogP) is 3.66. The second kappa shape index (κ2) is 6.12. The lowest BCUT2D eigenvalue weighted by Gasteiger charge is -2.14. The Hall–Kier alpha value is -2.02. The molecule has 0 unspecified atom stereocenters. The van der Waals surface area contributed by atoms with E-state index in [-0.39, 0.29) is 0 Å². The van der Waals surface area contributed by atoms with Crippen molar-refractivity contribution in [1.29, 1.82) is 0 Å². The van der Waals surface area contributed by atoms with Crippen molar-refractivity contribution in [1.82, 2.24) is 24.7 Å². The van der Waals surface area contributed by atoms with E-state index in [4.69, 9.17) is 0 Å². The van der Waals surface area contributed by atoms with Crippen LogP contribution in [0.5, 0.6) is 0 Å². The molecular weight excluding hydrogens is 320 g/mol. The van der Waals surface area contributed by atoms with Crippen LogP contribution in [-0.4, -0.2) is 24.7 Å². The van der Waals surface area contributed by atoms with E-state index in [2.05, 4.69) is 43.9 Å². The Morgan fingerprint density at radius 3 is 2.92 bits per heavy atom. The zero-order valence-corrected chi connectivity index (χ0v) is 15.2. The first-order valence-electron chi connectivity index (χ1n) is 8.54. The number of rotatable bonds is 4. The third-order valence-corrected chi connectivity index (χ3v) is 5.73. The van der Waals surface area contributed by atoms with Crippen molar-refractivity contribution in [3.8, 4) is 0 Å². The molecule has 0 aliphatic heterocycles. The number of aryl methyl sites for hydroxylation is 3. The summed E-state index contributed by atoms with van der Waals surface area (Å²) in [6.07, 6.45) is 6.64. The van der Waals surface area contributed by atoms with E-state index < -0.39 is 0 Å². The molecule has 1 N–H and O–H groups in total. The molecule has 0 saturated carbocycles. The predicted molar refractivity (Wildman–Crippen MR) is 96.5 cm³/mol. The van der Waals surface area contributed by atoms with E-state index in [1.165, 1.54) is 35.1 Å². The Kier molecular flexibility index (Phi) is 3.96. The molecule has 0 saturated heterocycles. The molecule has 4 rings (SSSR count). The molecule has 3 aromatic heterocycles. The van der Waals surface area contributed by atoms with E-state index in [9.17, 15) is 0 Å². The highest BCUT2D eigenvalue weighted by Gasteiger charge is 2.20. The van der Waals surface area contributed by atoms with Gasteiger partial charge in [-0.15, -0.1) is 21.5 Å². The van der Waals surface area contributed by atoms with Crippen LogP contribution in [0.2, 0.25) is 0 Å². The van der Waals surface area contributed by atoms with Crippen molar-refractivity contribution in [2.24, 2.45) is 0 Å². The Labute approximate surface area is 145 Å². The summed E-state index contributed by atoms with van der Waals surface area (Å²) in [5.41, 5.74) is 1.45. The van der Waals surface area contributed by atoms with Gasteiger partial charge in [0.15, 0.2) is 5.82 Å². The lowest BCUT2D eigenvalue weighted by molar-refractivity contribution is 0.572. The van der Waals surface area contributed by atoms with Gasteiger partial charge < -0.3 is 9.88 Å². The van der Waals surface area contributed by atoms with Gasteiger partial charge in [0.25, 0.3) is 0 Å². The lowest BCUT2D eigenvalue weighted by Crippen LogP contribution is -2.11. The van der Waals surface area contributed by atoms with Crippen LogP contribution in [-0.2, 0) is 19.4 Å². The molecule has 24 heavy (non-hydrogen) atoms. The van der Waals surface area contributed by atoms with Gasteiger partial charge in [-0.25, -0.2) is 9.97 Å². The average Bonchev–Trinajstić information content (AvgIpc) is 3.16. The molecule has 7 heteroatoms. The summed E-state index contributed by atoms with van der Waals surface area (Å²) in [5, 5.41) is 13.0. The quantitative estimate of drug-likeness (QED) is 0.783. The van der Waals surface area contributed by atoms with Crippen molar-refractivity contribution >= 4 is 27.4 Å². The topological polar surface area (TPSA) is 68.5 Å². The van der Waals surface area contributed by atoms with Gasteiger partial charge in [0, 0.05) is 10.9 Å². The Bertz CT molecular complexity index is 879. The van der Waals surface area contributed by atoms with Gasteiger partial charge in [0.2, 0.25) is 0 Å². The van der Waals surface area contributed by atoms with Gasteiger partial charge in [-0.3, -0.25) is 0 Å². The fraction of sp³-hybridized carbons (Fsp3) is 0.529. The van der Waals surface area contributed by atoms with Crippen molar-refractivity contribution in [3.63, 3.8) is 0 Å². The number of anilines is 1. The number of fused-ring (bicyclic) bond motifs is 3. The zero-order chi connectivity index (χ0) is 16.7. The molecular formula is C17H22N6S. The van der Waals surface area contributed by atoms with Crippen LogP contribution in [0.4, 0.5) is 5.82 Å². The van der Waals surface area contributed by atoms with Crippen LogP contribution in [0.1, 0.15) is 54.8 Å². The molecule has 126 valence electrons. The summed E-state index contributed by atoms with van der Waals surface area (Å²) >= 11 is 1.84. The zero-order valence-electron chi connectivity index (χ0n) is 14.3. The smallest absolute Gasteiger partial charge is 0.152 e. The van der Waals surface area contributed by atoms with Crippen LogP contribution in [0.25, 0.3) is 10.2 Å². The fourth-order valence-electron chi connectivity index (χ4n) is 3.38. The SMILES string of the molecule is Cc1nc(NCc2nncn2C(C)C)c2c3c(sc2n1)CCCC3. The molecule has 0 spiro atoms. The molecule has 1 aliphatic rings. The summed E-state index contributed by atoms with van der Waals surface area (Å²) in [7, 11) is 0. The van der Waals surface area contributed by atoms with Gasteiger partial charge in [0.1, 0.15) is 22.8 Å². The highest BCUT2D eigenvalue weighted by molar-refractivity contribution is 7.19. The normalized spacial score (nSPS) is 14.3. The van der Waals surface area contributed by atoms with Crippen LogP contribution < -0.4 is 5.32 Å². The van der Waals surface area contributed by atoms with Crippen LogP contribution in [0, 0.1) is 6.92 Å². The largest absolute Gasteiger partial charge is 0.362 e. The molecule has 0 fully saturated rings.